The van der Waals surface area contributed by atoms with Crippen molar-refractivity contribution in [3.8, 4) is 0 Å². The van der Waals surface area contributed by atoms with Crippen LogP contribution in [0.25, 0.3) is 0 Å². The summed E-state index contributed by atoms with van der Waals surface area (Å²) in [5, 5.41) is 11.7. The zero-order valence-corrected chi connectivity index (χ0v) is 10.9. The molecule has 4 nitrogen and oxygen atoms in total. The third kappa shape index (κ3) is 4.36. The first kappa shape index (κ1) is 14.0. The van der Waals surface area contributed by atoms with Crippen LogP contribution in [0.1, 0.15) is 46.5 Å². The van der Waals surface area contributed by atoms with Gasteiger partial charge in [-0.2, -0.15) is 0 Å². The average Bonchev–Trinajstić information content (AvgIpc) is 3.05. The first-order valence-electron chi connectivity index (χ1n) is 6.47. The molecule has 98 valence electrons. The second-order valence-electron chi connectivity index (χ2n) is 5.34. The zero-order valence-electron chi connectivity index (χ0n) is 10.9. The molecule has 0 spiro atoms. The number of rotatable bonds is 7. The van der Waals surface area contributed by atoms with Gasteiger partial charge in [0, 0.05) is 6.42 Å². The number of carboxylic acid groups (broad SMARTS) is 1. The van der Waals surface area contributed by atoms with Crippen molar-refractivity contribution in [1.29, 1.82) is 0 Å². The fraction of sp³-hybridized carbons (Fsp3) is 0.846. The number of nitrogens with one attached hydrogen (secondary N) is 1. The highest BCUT2D eigenvalue weighted by Gasteiger charge is 2.37. The smallest absolute Gasteiger partial charge is 0.326 e. The van der Waals surface area contributed by atoms with Gasteiger partial charge in [0.15, 0.2) is 0 Å². The molecule has 2 N–H and O–H groups in total. The number of amides is 1. The number of hydrogen-bond acceptors (Lipinski definition) is 2. The van der Waals surface area contributed by atoms with Crippen molar-refractivity contribution < 1.29 is 14.7 Å². The third-order valence-electron chi connectivity index (χ3n) is 3.59. The van der Waals surface area contributed by atoms with E-state index in [4.69, 9.17) is 5.11 Å². The van der Waals surface area contributed by atoms with Crippen molar-refractivity contribution in [2.45, 2.75) is 52.5 Å². The Kier molecular flexibility index (Phi) is 4.97. The van der Waals surface area contributed by atoms with Crippen LogP contribution in [0.15, 0.2) is 0 Å². The summed E-state index contributed by atoms with van der Waals surface area (Å²) in [5.74, 6) is -0.0857. The standard InChI is InChI=1S/C13H23NO3/c1-4-9(8(2)3)7-11(15)14-12(13(16)17)10-5-6-10/h8-10,12H,4-7H2,1-3H3,(H,14,15)(H,16,17). The normalized spacial score (nSPS) is 18.8. The van der Waals surface area contributed by atoms with Crippen LogP contribution in [0.3, 0.4) is 0 Å². The van der Waals surface area contributed by atoms with Crippen molar-refractivity contribution in [1.82, 2.24) is 5.32 Å². The van der Waals surface area contributed by atoms with Gasteiger partial charge in [0.25, 0.3) is 0 Å². The fourth-order valence-corrected chi connectivity index (χ4v) is 2.13. The molecule has 0 bridgehead atoms. The SMILES string of the molecule is CCC(CC(=O)NC(C(=O)O)C1CC1)C(C)C. The van der Waals surface area contributed by atoms with E-state index >= 15 is 0 Å². The lowest BCUT2D eigenvalue weighted by Gasteiger charge is -2.20. The topological polar surface area (TPSA) is 66.4 Å². The molecule has 0 aromatic rings. The summed E-state index contributed by atoms with van der Waals surface area (Å²) in [5.41, 5.74) is 0. The lowest BCUT2D eigenvalue weighted by Crippen LogP contribution is -2.43. The predicted molar refractivity (Wildman–Crippen MR) is 65.5 cm³/mol. The van der Waals surface area contributed by atoms with E-state index in [1.807, 2.05) is 0 Å². The van der Waals surface area contributed by atoms with Gasteiger partial charge in [-0.15, -0.1) is 0 Å². The number of carboxylic acids is 1. The minimum atomic E-state index is -0.904. The van der Waals surface area contributed by atoms with Gasteiger partial charge in [-0.05, 0) is 30.6 Å². The molecule has 2 unspecified atom stereocenters. The van der Waals surface area contributed by atoms with Crippen LogP contribution in [0.4, 0.5) is 0 Å². The van der Waals surface area contributed by atoms with Gasteiger partial charge < -0.3 is 10.4 Å². The highest BCUT2D eigenvalue weighted by atomic mass is 16.4. The summed E-state index contributed by atoms with van der Waals surface area (Å²) in [4.78, 5) is 22.8. The van der Waals surface area contributed by atoms with Gasteiger partial charge >= 0.3 is 5.97 Å². The fourth-order valence-electron chi connectivity index (χ4n) is 2.13. The molecule has 0 aromatic heterocycles. The van der Waals surface area contributed by atoms with Crippen molar-refractivity contribution in [2.75, 3.05) is 0 Å². The van der Waals surface area contributed by atoms with Gasteiger partial charge in [-0.1, -0.05) is 27.2 Å². The van der Waals surface area contributed by atoms with Crippen LogP contribution in [-0.4, -0.2) is 23.0 Å². The third-order valence-corrected chi connectivity index (χ3v) is 3.59. The predicted octanol–water partition coefficient (Wildman–Crippen LogP) is 2.04. The van der Waals surface area contributed by atoms with E-state index in [2.05, 4.69) is 26.1 Å². The Hall–Kier alpha value is -1.06. The molecule has 1 aliphatic carbocycles. The van der Waals surface area contributed by atoms with Gasteiger partial charge in [0.2, 0.25) is 5.91 Å². The van der Waals surface area contributed by atoms with E-state index in [1.165, 1.54) is 0 Å². The van der Waals surface area contributed by atoms with Gasteiger partial charge in [-0.25, -0.2) is 4.79 Å². The minimum absolute atomic E-state index is 0.121. The van der Waals surface area contributed by atoms with Crippen molar-refractivity contribution in [3.63, 3.8) is 0 Å². The molecule has 0 aromatic carbocycles. The summed E-state index contributed by atoms with van der Waals surface area (Å²) in [7, 11) is 0. The maximum atomic E-state index is 11.8. The Morgan fingerprint density at radius 2 is 1.94 bits per heavy atom. The number of carbonyl (C=O) groups excluding carboxylic acids is 1. The Balaban J connectivity index is 2.44. The Labute approximate surface area is 103 Å². The van der Waals surface area contributed by atoms with E-state index in [1.54, 1.807) is 0 Å². The van der Waals surface area contributed by atoms with Gasteiger partial charge in [0.1, 0.15) is 6.04 Å². The van der Waals surface area contributed by atoms with Crippen LogP contribution in [0.5, 0.6) is 0 Å². The lowest BCUT2D eigenvalue weighted by molar-refractivity contribution is -0.142. The van der Waals surface area contributed by atoms with Crippen LogP contribution in [-0.2, 0) is 9.59 Å². The van der Waals surface area contributed by atoms with E-state index in [9.17, 15) is 9.59 Å². The lowest BCUT2D eigenvalue weighted by atomic mass is 9.90. The Morgan fingerprint density at radius 3 is 2.29 bits per heavy atom. The second-order valence-corrected chi connectivity index (χ2v) is 5.34. The maximum Gasteiger partial charge on any atom is 0.326 e. The maximum absolute atomic E-state index is 11.8. The van der Waals surface area contributed by atoms with Gasteiger partial charge in [-0.3, -0.25) is 4.79 Å². The molecule has 1 fully saturated rings. The first-order valence-corrected chi connectivity index (χ1v) is 6.47. The molecule has 0 saturated heterocycles. The molecule has 17 heavy (non-hydrogen) atoms. The highest BCUT2D eigenvalue weighted by Crippen LogP contribution is 2.33. The quantitative estimate of drug-likeness (QED) is 0.716. The van der Waals surface area contributed by atoms with E-state index < -0.39 is 12.0 Å². The zero-order chi connectivity index (χ0) is 13.0. The Morgan fingerprint density at radius 1 is 1.35 bits per heavy atom. The van der Waals surface area contributed by atoms with Crippen LogP contribution < -0.4 is 5.32 Å². The number of carbonyl (C=O) groups is 2. The monoisotopic (exact) mass is 241 g/mol. The van der Waals surface area contributed by atoms with E-state index in [0.29, 0.717) is 18.3 Å². The molecule has 1 rings (SSSR count). The molecule has 1 amide bonds. The molecule has 4 heteroatoms. The van der Waals surface area contributed by atoms with Crippen LogP contribution >= 0.6 is 0 Å². The summed E-state index contributed by atoms with van der Waals surface area (Å²) >= 11 is 0. The molecule has 1 saturated carbocycles. The van der Waals surface area contributed by atoms with E-state index in [-0.39, 0.29) is 11.8 Å². The van der Waals surface area contributed by atoms with E-state index in [0.717, 1.165) is 19.3 Å². The van der Waals surface area contributed by atoms with Crippen molar-refractivity contribution >= 4 is 11.9 Å². The minimum Gasteiger partial charge on any atom is -0.480 e. The van der Waals surface area contributed by atoms with Crippen LogP contribution in [0, 0.1) is 17.8 Å². The molecule has 2 atom stereocenters. The molecule has 1 aliphatic rings. The number of hydrogen-bond donors (Lipinski definition) is 2. The summed E-state index contributed by atoms with van der Waals surface area (Å²) < 4.78 is 0. The summed E-state index contributed by atoms with van der Waals surface area (Å²) in [6.07, 6.45) is 3.22. The summed E-state index contributed by atoms with van der Waals surface area (Å²) in [6, 6.07) is -0.674. The Bertz CT molecular complexity index is 284. The molecular formula is C13H23NO3. The van der Waals surface area contributed by atoms with Crippen molar-refractivity contribution in [3.05, 3.63) is 0 Å². The largest absolute Gasteiger partial charge is 0.480 e. The molecular weight excluding hydrogens is 218 g/mol. The highest BCUT2D eigenvalue weighted by molar-refractivity contribution is 5.84. The molecule has 0 heterocycles. The molecule has 0 aliphatic heterocycles. The number of aliphatic carboxylic acids is 1. The second kappa shape index (κ2) is 6.03. The first-order chi connectivity index (χ1) is 7.95. The van der Waals surface area contributed by atoms with Crippen LogP contribution in [0.2, 0.25) is 0 Å². The summed E-state index contributed by atoms with van der Waals surface area (Å²) in [6.45, 7) is 6.25. The average molecular weight is 241 g/mol. The van der Waals surface area contributed by atoms with Gasteiger partial charge in [0.05, 0.1) is 0 Å². The van der Waals surface area contributed by atoms with Crippen molar-refractivity contribution in [2.24, 2.45) is 17.8 Å². The molecule has 0 radical (unpaired) electrons.